The maximum atomic E-state index is 9.68. The van der Waals surface area contributed by atoms with Crippen molar-refractivity contribution in [3.05, 3.63) is 23.9 Å². The van der Waals surface area contributed by atoms with E-state index in [1.807, 2.05) is 13.0 Å². The Bertz CT molecular complexity index is 421. The lowest BCUT2D eigenvalue weighted by molar-refractivity contribution is 0.0969. The van der Waals surface area contributed by atoms with Crippen LogP contribution in [0.3, 0.4) is 0 Å². The highest BCUT2D eigenvalue weighted by atomic mass is 16.3. The van der Waals surface area contributed by atoms with Gasteiger partial charge in [-0.3, -0.25) is 5.41 Å². The van der Waals surface area contributed by atoms with E-state index in [0.717, 1.165) is 25.3 Å². The van der Waals surface area contributed by atoms with Crippen LogP contribution in [0, 0.1) is 11.3 Å². The molecule has 1 aromatic rings. The standard InChI is InChI=1S/C12H18N4O/c1-8-7-16(5-3-10(8)17)11-6-9(12(13)14)2-4-15-11/h2,4,6,8,10,17H,3,5,7H2,1H3,(H3,13,14). The summed E-state index contributed by atoms with van der Waals surface area (Å²) in [5.41, 5.74) is 6.15. The van der Waals surface area contributed by atoms with Gasteiger partial charge in [0, 0.05) is 24.8 Å². The summed E-state index contributed by atoms with van der Waals surface area (Å²) in [6, 6.07) is 3.56. The molecule has 0 aliphatic carbocycles. The smallest absolute Gasteiger partial charge is 0.129 e. The monoisotopic (exact) mass is 234 g/mol. The molecule has 5 heteroatoms. The fourth-order valence-corrected chi connectivity index (χ4v) is 2.10. The molecule has 92 valence electrons. The van der Waals surface area contributed by atoms with E-state index < -0.39 is 0 Å². The minimum atomic E-state index is -0.220. The fraction of sp³-hybridized carbons (Fsp3) is 0.500. The Labute approximate surface area is 101 Å². The van der Waals surface area contributed by atoms with Gasteiger partial charge in [-0.1, -0.05) is 6.92 Å². The van der Waals surface area contributed by atoms with Crippen molar-refractivity contribution in [1.29, 1.82) is 5.41 Å². The minimum absolute atomic E-state index is 0.0544. The molecule has 17 heavy (non-hydrogen) atoms. The molecule has 2 heterocycles. The number of amidine groups is 1. The van der Waals surface area contributed by atoms with Crippen molar-refractivity contribution in [2.24, 2.45) is 11.7 Å². The number of hydrogen-bond donors (Lipinski definition) is 3. The van der Waals surface area contributed by atoms with E-state index in [0.29, 0.717) is 5.56 Å². The van der Waals surface area contributed by atoms with Gasteiger partial charge in [0.1, 0.15) is 11.7 Å². The van der Waals surface area contributed by atoms with Crippen molar-refractivity contribution in [2.45, 2.75) is 19.4 Å². The summed E-state index contributed by atoms with van der Waals surface area (Å²) >= 11 is 0. The molecule has 2 unspecified atom stereocenters. The lowest BCUT2D eigenvalue weighted by Crippen LogP contribution is -2.42. The molecule has 1 aliphatic heterocycles. The van der Waals surface area contributed by atoms with Crippen molar-refractivity contribution < 1.29 is 5.11 Å². The largest absolute Gasteiger partial charge is 0.393 e. The van der Waals surface area contributed by atoms with E-state index in [9.17, 15) is 5.11 Å². The van der Waals surface area contributed by atoms with Gasteiger partial charge in [-0.2, -0.15) is 0 Å². The van der Waals surface area contributed by atoms with Crippen molar-refractivity contribution in [3.63, 3.8) is 0 Å². The van der Waals surface area contributed by atoms with Crippen LogP contribution in [0.1, 0.15) is 18.9 Å². The summed E-state index contributed by atoms with van der Waals surface area (Å²) < 4.78 is 0. The Balaban J connectivity index is 2.17. The molecule has 2 atom stereocenters. The fourth-order valence-electron chi connectivity index (χ4n) is 2.10. The summed E-state index contributed by atoms with van der Waals surface area (Å²) in [5.74, 6) is 1.13. The van der Waals surface area contributed by atoms with Gasteiger partial charge in [-0.25, -0.2) is 4.98 Å². The number of nitrogens with two attached hydrogens (primary N) is 1. The zero-order valence-electron chi connectivity index (χ0n) is 9.93. The molecule has 4 N–H and O–H groups in total. The highest BCUT2D eigenvalue weighted by Gasteiger charge is 2.24. The van der Waals surface area contributed by atoms with Crippen molar-refractivity contribution in [1.82, 2.24) is 4.98 Å². The predicted molar refractivity (Wildman–Crippen MR) is 67.3 cm³/mol. The normalized spacial score (nSPS) is 24.7. The number of nitrogens with zero attached hydrogens (tertiary/aromatic N) is 2. The molecule has 5 nitrogen and oxygen atoms in total. The number of aliphatic hydroxyl groups is 1. The van der Waals surface area contributed by atoms with E-state index in [1.54, 1.807) is 12.3 Å². The van der Waals surface area contributed by atoms with E-state index in [1.165, 1.54) is 0 Å². The third-order valence-electron chi connectivity index (χ3n) is 3.24. The molecule has 0 spiro atoms. The number of aliphatic hydroxyl groups excluding tert-OH is 1. The Hall–Kier alpha value is -1.62. The summed E-state index contributed by atoms with van der Waals surface area (Å²) in [4.78, 5) is 6.43. The van der Waals surface area contributed by atoms with Gasteiger partial charge in [-0.05, 0) is 24.5 Å². The Morgan fingerprint density at radius 2 is 2.41 bits per heavy atom. The molecular formula is C12H18N4O. The SMILES string of the molecule is CC1CN(c2cc(C(=N)N)ccn2)CCC1O. The summed E-state index contributed by atoms with van der Waals surface area (Å²) in [7, 11) is 0. The molecule has 0 bridgehead atoms. The van der Waals surface area contributed by atoms with Crippen LogP contribution in [-0.4, -0.2) is 35.1 Å². The molecule has 0 saturated carbocycles. The maximum absolute atomic E-state index is 9.68. The summed E-state index contributed by atoms with van der Waals surface area (Å²) in [6.07, 6.45) is 2.21. The molecule has 1 aliphatic rings. The van der Waals surface area contributed by atoms with Crippen LogP contribution in [-0.2, 0) is 0 Å². The lowest BCUT2D eigenvalue weighted by atomic mass is 9.97. The Kier molecular flexibility index (Phi) is 3.28. The third-order valence-corrected chi connectivity index (χ3v) is 3.24. The number of nitrogen functional groups attached to an aromatic ring is 1. The van der Waals surface area contributed by atoms with Gasteiger partial charge < -0.3 is 15.7 Å². The number of hydrogen-bond acceptors (Lipinski definition) is 4. The second kappa shape index (κ2) is 4.71. The van der Waals surface area contributed by atoms with Gasteiger partial charge >= 0.3 is 0 Å². The second-order valence-corrected chi connectivity index (χ2v) is 4.60. The van der Waals surface area contributed by atoms with Crippen molar-refractivity contribution >= 4 is 11.7 Å². The average molecular weight is 234 g/mol. The van der Waals surface area contributed by atoms with Crippen LogP contribution >= 0.6 is 0 Å². The number of aromatic nitrogens is 1. The van der Waals surface area contributed by atoms with Crippen LogP contribution in [0.25, 0.3) is 0 Å². The zero-order valence-corrected chi connectivity index (χ0v) is 9.93. The lowest BCUT2D eigenvalue weighted by Gasteiger charge is -2.35. The van der Waals surface area contributed by atoms with Crippen LogP contribution in [0.2, 0.25) is 0 Å². The first-order valence-corrected chi connectivity index (χ1v) is 5.81. The maximum Gasteiger partial charge on any atom is 0.129 e. The number of rotatable bonds is 2. The van der Waals surface area contributed by atoms with Crippen molar-refractivity contribution in [3.8, 4) is 0 Å². The molecule has 2 rings (SSSR count). The zero-order chi connectivity index (χ0) is 12.4. The number of pyridine rings is 1. The van der Waals surface area contributed by atoms with Crippen LogP contribution in [0.5, 0.6) is 0 Å². The Morgan fingerprint density at radius 1 is 1.65 bits per heavy atom. The average Bonchev–Trinajstić information content (AvgIpc) is 2.33. The predicted octanol–water partition coefficient (Wildman–Crippen LogP) is 0.573. The topological polar surface area (TPSA) is 86.2 Å². The number of nitrogens with one attached hydrogen (secondary N) is 1. The first-order chi connectivity index (χ1) is 8.08. The van der Waals surface area contributed by atoms with Gasteiger partial charge in [0.15, 0.2) is 0 Å². The van der Waals surface area contributed by atoms with Gasteiger partial charge in [-0.15, -0.1) is 0 Å². The third kappa shape index (κ3) is 2.55. The summed E-state index contributed by atoms with van der Waals surface area (Å²) in [5, 5.41) is 17.1. The highest BCUT2D eigenvalue weighted by Crippen LogP contribution is 2.22. The first-order valence-electron chi connectivity index (χ1n) is 5.81. The molecule has 0 aromatic carbocycles. The van der Waals surface area contributed by atoms with E-state index in [4.69, 9.17) is 11.1 Å². The van der Waals surface area contributed by atoms with E-state index in [-0.39, 0.29) is 17.9 Å². The van der Waals surface area contributed by atoms with Gasteiger partial charge in [0.2, 0.25) is 0 Å². The molecular weight excluding hydrogens is 216 g/mol. The van der Waals surface area contributed by atoms with Crippen molar-refractivity contribution in [2.75, 3.05) is 18.0 Å². The Morgan fingerprint density at radius 3 is 3.06 bits per heavy atom. The quantitative estimate of drug-likeness (QED) is 0.516. The van der Waals surface area contributed by atoms with Crippen LogP contribution in [0.15, 0.2) is 18.3 Å². The second-order valence-electron chi connectivity index (χ2n) is 4.60. The molecule has 1 aromatic heterocycles. The molecule has 0 amide bonds. The van der Waals surface area contributed by atoms with Gasteiger partial charge in [0.25, 0.3) is 0 Å². The number of anilines is 1. The molecule has 1 fully saturated rings. The summed E-state index contributed by atoms with van der Waals surface area (Å²) in [6.45, 7) is 3.61. The van der Waals surface area contributed by atoms with E-state index >= 15 is 0 Å². The van der Waals surface area contributed by atoms with Crippen LogP contribution < -0.4 is 10.6 Å². The van der Waals surface area contributed by atoms with E-state index in [2.05, 4.69) is 9.88 Å². The van der Waals surface area contributed by atoms with Crippen LogP contribution in [0.4, 0.5) is 5.82 Å². The molecule has 1 saturated heterocycles. The van der Waals surface area contributed by atoms with Gasteiger partial charge in [0.05, 0.1) is 6.10 Å². The molecule has 0 radical (unpaired) electrons. The first kappa shape index (κ1) is 11.9. The number of piperidine rings is 1. The minimum Gasteiger partial charge on any atom is -0.393 e. The highest BCUT2D eigenvalue weighted by molar-refractivity contribution is 5.95.